The minimum atomic E-state index is -0.828. The summed E-state index contributed by atoms with van der Waals surface area (Å²) in [6.07, 6.45) is 2.70. The standard InChI is InChI=1S/C27H22ClF2N5O3/c28-20-14-22(30)19(25-21(29)7-4-10-31-25)13-18(20)26(36)33-24-15-23(27(37)32-16-8-11-38-12-9-16)34-35(24)17-5-2-1-3-6-17/h1-7,10,13-16H,8-9,11-12H2,(H,32,37)(H,33,36). The maximum Gasteiger partial charge on any atom is 0.272 e. The van der Waals surface area contributed by atoms with Crippen LogP contribution in [0.15, 0.2) is 66.9 Å². The molecule has 0 aliphatic carbocycles. The van der Waals surface area contributed by atoms with Crippen LogP contribution in [0.1, 0.15) is 33.7 Å². The van der Waals surface area contributed by atoms with Gasteiger partial charge < -0.3 is 15.4 Å². The van der Waals surface area contributed by atoms with E-state index in [1.165, 1.54) is 23.0 Å². The molecule has 1 aliphatic heterocycles. The number of benzene rings is 2. The molecule has 0 saturated carbocycles. The molecule has 1 aliphatic rings. The first-order valence-electron chi connectivity index (χ1n) is 11.9. The Labute approximate surface area is 221 Å². The van der Waals surface area contributed by atoms with Crippen LogP contribution >= 0.6 is 11.6 Å². The van der Waals surface area contributed by atoms with E-state index in [-0.39, 0.29) is 39.4 Å². The van der Waals surface area contributed by atoms with Crippen LogP contribution < -0.4 is 10.6 Å². The van der Waals surface area contributed by atoms with Crippen molar-refractivity contribution in [2.24, 2.45) is 0 Å². The topological polar surface area (TPSA) is 98.1 Å². The van der Waals surface area contributed by atoms with Crippen molar-refractivity contribution < 1.29 is 23.1 Å². The smallest absolute Gasteiger partial charge is 0.272 e. The van der Waals surface area contributed by atoms with E-state index in [1.807, 2.05) is 6.07 Å². The van der Waals surface area contributed by atoms with Gasteiger partial charge in [-0.25, -0.2) is 13.5 Å². The quantitative estimate of drug-likeness (QED) is 0.359. The largest absolute Gasteiger partial charge is 0.381 e. The molecule has 2 aromatic heterocycles. The molecule has 8 nitrogen and oxygen atoms in total. The summed E-state index contributed by atoms with van der Waals surface area (Å²) in [5.41, 5.74) is 0.108. The van der Waals surface area contributed by atoms with Gasteiger partial charge >= 0.3 is 0 Å². The van der Waals surface area contributed by atoms with Gasteiger partial charge in [0.25, 0.3) is 11.8 Å². The van der Waals surface area contributed by atoms with Crippen LogP contribution in [0.2, 0.25) is 5.02 Å². The minimum Gasteiger partial charge on any atom is -0.381 e. The molecule has 2 amide bonds. The second-order valence-electron chi connectivity index (χ2n) is 8.62. The van der Waals surface area contributed by atoms with Crippen LogP contribution in [0.25, 0.3) is 16.9 Å². The Bertz CT molecular complexity index is 1490. The van der Waals surface area contributed by atoms with Gasteiger partial charge in [-0.15, -0.1) is 0 Å². The lowest BCUT2D eigenvalue weighted by molar-refractivity contribution is 0.0694. The second-order valence-corrected chi connectivity index (χ2v) is 9.03. The summed E-state index contributed by atoms with van der Waals surface area (Å²) in [5.74, 6) is -2.49. The van der Waals surface area contributed by atoms with E-state index in [4.69, 9.17) is 16.3 Å². The lowest BCUT2D eigenvalue weighted by Gasteiger charge is -2.22. The van der Waals surface area contributed by atoms with Crippen molar-refractivity contribution in [1.82, 2.24) is 20.1 Å². The number of aromatic nitrogens is 3. The van der Waals surface area contributed by atoms with Crippen molar-refractivity contribution in [2.75, 3.05) is 18.5 Å². The SMILES string of the molecule is O=C(NC1CCOCC1)c1cc(NC(=O)c2cc(-c3ncccc3F)c(F)cc2Cl)n(-c2ccccc2)n1. The molecule has 2 N–H and O–H groups in total. The van der Waals surface area contributed by atoms with Crippen LogP contribution in [0.4, 0.5) is 14.6 Å². The predicted molar refractivity (Wildman–Crippen MR) is 137 cm³/mol. The van der Waals surface area contributed by atoms with E-state index < -0.39 is 23.4 Å². The lowest BCUT2D eigenvalue weighted by Crippen LogP contribution is -2.39. The number of ether oxygens (including phenoxy) is 1. The zero-order chi connectivity index (χ0) is 26.6. The molecule has 11 heteroatoms. The highest BCUT2D eigenvalue weighted by atomic mass is 35.5. The summed E-state index contributed by atoms with van der Waals surface area (Å²) in [6.45, 7) is 1.13. The third-order valence-corrected chi connectivity index (χ3v) is 6.37. The number of halogens is 3. The van der Waals surface area contributed by atoms with Crippen LogP contribution in [-0.2, 0) is 4.74 Å². The van der Waals surface area contributed by atoms with Gasteiger partial charge in [0.05, 0.1) is 16.3 Å². The highest BCUT2D eigenvalue weighted by Crippen LogP contribution is 2.30. The zero-order valence-corrected chi connectivity index (χ0v) is 20.7. The molecule has 1 fully saturated rings. The molecule has 0 bridgehead atoms. The van der Waals surface area contributed by atoms with Gasteiger partial charge in [0.15, 0.2) is 5.69 Å². The number of carbonyl (C=O) groups excluding carboxylic acids is 2. The number of nitrogens with one attached hydrogen (secondary N) is 2. The molecule has 38 heavy (non-hydrogen) atoms. The third-order valence-electron chi connectivity index (χ3n) is 6.06. The fraction of sp³-hybridized carbons (Fsp3) is 0.185. The third kappa shape index (κ3) is 5.41. The van der Waals surface area contributed by atoms with Gasteiger partial charge in [-0.2, -0.15) is 5.10 Å². The van der Waals surface area contributed by atoms with E-state index in [1.54, 1.807) is 24.3 Å². The van der Waals surface area contributed by atoms with Crippen LogP contribution in [0.5, 0.6) is 0 Å². The summed E-state index contributed by atoms with van der Waals surface area (Å²) in [7, 11) is 0. The summed E-state index contributed by atoms with van der Waals surface area (Å²) in [4.78, 5) is 30.1. The fourth-order valence-electron chi connectivity index (χ4n) is 4.12. The highest BCUT2D eigenvalue weighted by molar-refractivity contribution is 6.34. The first-order valence-corrected chi connectivity index (χ1v) is 12.2. The Morgan fingerprint density at radius 2 is 1.74 bits per heavy atom. The molecule has 3 heterocycles. The first kappa shape index (κ1) is 25.5. The molecule has 194 valence electrons. The fourth-order valence-corrected chi connectivity index (χ4v) is 4.36. The zero-order valence-electron chi connectivity index (χ0n) is 20.0. The highest BCUT2D eigenvalue weighted by Gasteiger charge is 2.23. The molecule has 0 unspecified atom stereocenters. The maximum absolute atomic E-state index is 14.7. The van der Waals surface area contributed by atoms with Crippen LogP contribution in [-0.4, -0.2) is 45.8 Å². The summed E-state index contributed by atoms with van der Waals surface area (Å²) >= 11 is 6.20. The Morgan fingerprint density at radius 1 is 0.974 bits per heavy atom. The summed E-state index contributed by atoms with van der Waals surface area (Å²) < 4.78 is 35.7. The van der Waals surface area contributed by atoms with E-state index >= 15 is 0 Å². The van der Waals surface area contributed by atoms with Gasteiger partial charge in [-0.1, -0.05) is 29.8 Å². The van der Waals surface area contributed by atoms with Crippen molar-refractivity contribution in [3.05, 3.63) is 94.8 Å². The minimum absolute atomic E-state index is 0.0420. The van der Waals surface area contributed by atoms with Crippen LogP contribution in [0, 0.1) is 11.6 Å². The molecule has 2 aromatic carbocycles. The molecule has 0 radical (unpaired) electrons. The van der Waals surface area contributed by atoms with Gasteiger partial charge in [0, 0.05) is 37.1 Å². The predicted octanol–water partition coefficient (Wildman–Crippen LogP) is 5.03. The number of hydrogen-bond donors (Lipinski definition) is 2. The van der Waals surface area contributed by atoms with Crippen molar-refractivity contribution in [2.45, 2.75) is 18.9 Å². The van der Waals surface area contributed by atoms with E-state index in [2.05, 4.69) is 20.7 Å². The Hall–Kier alpha value is -4.15. The number of nitrogens with zero attached hydrogens (tertiary/aromatic N) is 3. The van der Waals surface area contributed by atoms with Crippen molar-refractivity contribution in [3.8, 4) is 16.9 Å². The Kier molecular flexibility index (Phi) is 7.43. The monoisotopic (exact) mass is 537 g/mol. The van der Waals surface area contributed by atoms with Crippen LogP contribution in [0.3, 0.4) is 0 Å². The van der Waals surface area contributed by atoms with Crippen molar-refractivity contribution in [3.63, 3.8) is 0 Å². The van der Waals surface area contributed by atoms with Gasteiger partial charge in [-0.3, -0.25) is 14.6 Å². The molecule has 1 saturated heterocycles. The van der Waals surface area contributed by atoms with E-state index in [0.717, 1.165) is 18.2 Å². The number of anilines is 1. The average molecular weight is 538 g/mol. The Balaban J connectivity index is 1.47. The molecule has 5 rings (SSSR count). The summed E-state index contributed by atoms with van der Waals surface area (Å²) in [6, 6.07) is 14.9. The lowest BCUT2D eigenvalue weighted by atomic mass is 10.1. The maximum atomic E-state index is 14.7. The van der Waals surface area contributed by atoms with Gasteiger partial charge in [0.2, 0.25) is 0 Å². The van der Waals surface area contributed by atoms with E-state index in [0.29, 0.717) is 31.7 Å². The molecular weight excluding hydrogens is 516 g/mol. The van der Waals surface area contributed by atoms with Crippen molar-refractivity contribution in [1.29, 1.82) is 0 Å². The summed E-state index contributed by atoms with van der Waals surface area (Å²) in [5, 5.41) is 9.88. The molecule has 0 atom stereocenters. The number of hydrogen-bond acceptors (Lipinski definition) is 5. The second kappa shape index (κ2) is 11.1. The average Bonchev–Trinajstić information content (AvgIpc) is 3.34. The van der Waals surface area contributed by atoms with E-state index in [9.17, 15) is 18.4 Å². The number of pyridine rings is 1. The number of para-hydroxylation sites is 1. The number of amides is 2. The number of carbonyl (C=O) groups is 2. The number of rotatable bonds is 6. The first-order chi connectivity index (χ1) is 18.4. The van der Waals surface area contributed by atoms with Crippen molar-refractivity contribution >= 4 is 29.2 Å². The van der Waals surface area contributed by atoms with Gasteiger partial charge in [0.1, 0.15) is 23.1 Å². The molecule has 4 aromatic rings. The molecule has 0 spiro atoms. The molecular formula is C27H22ClF2N5O3. The Morgan fingerprint density at radius 3 is 2.47 bits per heavy atom. The normalized spacial score (nSPS) is 13.8. The van der Waals surface area contributed by atoms with Gasteiger partial charge in [-0.05, 0) is 49.2 Å².